The van der Waals surface area contributed by atoms with Crippen LogP contribution in [0.25, 0.3) is 22.0 Å². The first-order valence-electron chi connectivity index (χ1n) is 16.6. The molecule has 8 bridgehead atoms. The molecule has 9 nitrogen and oxygen atoms in total. The second kappa shape index (κ2) is 12.9. The first kappa shape index (κ1) is 31.4. The molecule has 0 unspecified atom stereocenters. The highest BCUT2D eigenvalue weighted by molar-refractivity contribution is 7.98. The molecule has 0 saturated carbocycles. The third-order valence-electron chi connectivity index (χ3n) is 9.76. The van der Waals surface area contributed by atoms with Crippen molar-refractivity contribution in [3.8, 4) is 16.9 Å². The second-order valence-corrected chi connectivity index (χ2v) is 14.8. The van der Waals surface area contributed by atoms with Gasteiger partial charge < -0.3 is 19.4 Å². The van der Waals surface area contributed by atoms with E-state index in [1.807, 2.05) is 34.1 Å². The van der Waals surface area contributed by atoms with Crippen LogP contribution in [0.1, 0.15) is 63.7 Å². The van der Waals surface area contributed by atoms with Crippen molar-refractivity contribution >= 4 is 46.1 Å². The van der Waals surface area contributed by atoms with Crippen molar-refractivity contribution in [2.75, 3.05) is 25.6 Å². The highest BCUT2D eigenvalue weighted by atomic mass is 32.2. The molecule has 3 aromatic heterocycles. The van der Waals surface area contributed by atoms with E-state index in [4.69, 9.17) is 19.7 Å². The Labute approximate surface area is 287 Å². The Bertz CT molecular complexity index is 2060. The smallest absolute Gasteiger partial charge is 0.354 e. The molecule has 0 saturated heterocycles. The second-order valence-electron chi connectivity index (χ2n) is 12.8. The molecule has 3 aliphatic rings. The van der Waals surface area contributed by atoms with Gasteiger partial charge in [0.2, 0.25) is 0 Å². The Hall–Kier alpha value is -3.90. The number of fused-ring (bicyclic) bond motifs is 10. The Morgan fingerprint density at radius 2 is 1.92 bits per heavy atom. The van der Waals surface area contributed by atoms with Gasteiger partial charge in [-0.1, -0.05) is 0 Å². The monoisotopic (exact) mass is 686 g/mol. The lowest BCUT2D eigenvalue weighted by atomic mass is 9.97. The van der Waals surface area contributed by atoms with E-state index in [0.717, 1.165) is 101 Å². The van der Waals surface area contributed by atoms with E-state index in [0.29, 0.717) is 42.0 Å². The van der Waals surface area contributed by atoms with E-state index in [-0.39, 0.29) is 5.82 Å². The van der Waals surface area contributed by atoms with E-state index in [9.17, 15) is 4.79 Å². The van der Waals surface area contributed by atoms with E-state index in [1.165, 1.54) is 17.6 Å². The summed E-state index contributed by atoms with van der Waals surface area (Å²) in [5.41, 5.74) is 9.83. The lowest BCUT2D eigenvalue weighted by Crippen LogP contribution is -2.14. The zero-order chi connectivity index (χ0) is 32.9. The van der Waals surface area contributed by atoms with Gasteiger partial charge in [-0.25, -0.2) is 9.18 Å². The summed E-state index contributed by atoms with van der Waals surface area (Å²) in [6, 6.07) is 9.97. The quantitative estimate of drug-likeness (QED) is 0.188. The Morgan fingerprint density at radius 3 is 2.79 bits per heavy atom. The first-order valence-corrected chi connectivity index (χ1v) is 18.8. The van der Waals surface area contributed by atoms with Gasteiger partial charge in [-0.05, 0) is 80.0 Å². The highest BCUT2D eigenvalue weighted by Gasteiger charge is 2.30. The molecule has 0 fully saturated rings. The van der Waals surface area contributed by atoms with E-state index >= 15 is 4.39 Å². The summed E-state index contributed by atoms with van der Waals surface area (Å²) in [5, 5.41) is 14.3. The number of nitrogens with one attached hydrogen (secondary N) is 1. The van der Waals surface area contributed by atoms with Crippen molar-refractivity contribution < 1.29 is 18.7 Å². The maximum atomic E-state index is 16.2. The number of carbonyl (C=O) groups excluding carboxylic acids is 1. The minimum Gasteiger partial charge on any atom is -0.491 e. The molecule has 0 atom stereocenters. The Kier molecular flexibility index (Phi) is 8.40. The van der Waals surface area contributed by atoms with Crippen molar-refractivity contribution in [3.63, 3.8) is 0 Å². The van der Waals surface area contributed by atoms with Crippen LogP contribution in [-0.2, 0) is 61.9 Å². The number of hydrogen-bond donors (Lipinski definition) is 1. The fraction of sp³-hybridized carbons (Fsp3) is 0.417. The van der Waals surface area contributed by atoms with Crippen LogP contribution in [0, 0.1) is 5.82 Å². The lowest BCUT2D eigenvalue weighted by molar-refractivity contribution is 0.0589. The van der Waals surface area contributed by atoms with Gasteiger partial charge in [0.1, 0.15) is 17.3 Å². The van der Waals surface area contributed by atoms with Gasteiger partial charge in [-0.2, -0.15) is 10.2 Å². The maximum Gasteiger partial charge on any atom is 0.354 e. The van der Waals surface area contributed by atoms with Gasteiger partial charge in [-0.15, -0.1) is 23.5 Å². The largest absolute Gasteiger partial charge is 0.491 e. The molecule has 12 heteroatoms. The number of esters is 1. The van der Waals surface area contributed by atoms with Crippen LogP contribution >= 0.6 is 23.5 Å². The van der Waals surface area contributed by atoms with E-state index < -0.39 is 5.97 Å². The van der Waals surface area contributed by atoms with Crippen molar-refractivity contribution in [1.29, 1.82) is 0 Å². The molecule has 3 aliphatic heterocycles. The SMILES string of the molecule is COC(=O)c1c2c3ccc(F)c(c3n1C)-c1c(nn3c1CCC3)CSCc1cc(n(C)n1)CSc1cc3c(c(c1)OCCC2)NCCC3. The molecular weight excluding hydrogens is 648 g/mol. The fourth-order valence-electron chi connectivity index (χ4n) is 7.57. The third kappa shape index (κ3) is 5.46. The van der Waals surface area contributed by atoms with Crippen LogP contribution in [0.4, 0.5) is 10.1 Å². The summed E-state index contributed by atoms with van der Waals surface area (Å²) < 4.78 is 33.9. The minimum atomic E-state index is -0.431. The number of halogens is 1. The van der Waals surface area contributed by atoms with E-state index in [1.54, 1.807) is 29.6 Å². The topological polar surface area (TPSA) is 88.1 Å². The molecule has 0 spiro atoms. The Morgan fingerprint density at radius 1 is 1.02 bits per heavy atom. The molecule has 6 heterocycles. The fourth-order valence-corrected chi connectivity index (χ4v) is 9.42. The standard InChI is InChI=1S/C36H39FN6O3S2/c1-41-34-26-10-11-27(37)31(34)32-28(40-43-13-5-9-29(32)43)20-47-18-22-16-23(42(2)39-22)19-48-24-15-21-7-4-12-38-33(21)30(17-24)46-14-6-8-25(26)35(41)36(44)45-3/h10-11,15-17,38H,4-9,12-14,18-20H2,1-3H3. The van der Waals surface area contributed by atoms with Crippen molar-refractivity contribution in [2.45, 2.75) is 67.2 Å². The summed E-state index contributed by atoms with van der Waals surface area (Å²) in [4.78, 5) is 14.5. The predicted octanol–water partition coefficient (Wildman–Crippen LogP) is 7.06. The molecule has 8 rings (SSSR count). The summed E-state index contributed by atoms with van der Waals surface area (Å²) in [6.45, 7) is 2.21. The van der Waals surface area contributed by atoms with Gasteiger partial charge in [0.25, 0.3) is 0 Å². The number of rotatable bonds is 1. The van der Waals surface area contributed by atoms with Gasteiger partial charge >= 0.3 is 5.97 Å². The molecule has 0 amide bonds. The van der Waals surface area contributed by atoms with Crippen LogP contribution in [0.15, 0.2) is 35.2 Å². The molecule has 250 valence electrons. The first-order chi connectivity index (χ1) is 23.4. The highest BCUT2D eigenvalue weighted by Crippen LogP contribution is 2.43. The molecule has 0 radical (unpaired) electrons. The number of nitrogens with zero attached hydrogens (tertiary/aromatic N) is 5. The summed E-state index contributed by atoms with van der Waals surface area (Å²) >= 11 is 3.54. The molecule has 5 aromatic rings. The number of benzene rings is 2. The van der Waals surface area contributed by atoms with Crippen LogP contribution in [0.3, 0.4) is 0 Å². The number of carbonyl (C=O) groups is 1. The van der Waals surface area contributed by atoms with Crippen molar-refractivity contribution in [3.05, 3.63) is 75.7 Å². The normalized spacial score (nSPS) is 16.4. The summed E-state index contributed by atoms with van der Waals surface area (Å²) in [6.07, 6.45) is 5.16. The van der Waals surface area contributed by atoms with Gasteiger partial charge in [0.05, 0.1) is 36.3 Å². The molecule has 1 N–H and O–H groups in total. The summed E-state index contributed by atoms with van der Waals surface area (Å²) in [7, 11) is 5.24. The van der Waals surface area contributed by atoms with Crippen LogP contribution < -0.4 is 10.1 Å². The predicted molar refractivity (Wildman–Crippen MR) is 189 cm³/mol. The van der Waals surface area contributed by atoms with E-state index in [2.05, 4.69) is 23.5 Å². The molecular formula is C36H39FN6O3S2. The number of thioether (sulfide) groups is 2. The lowest BCUT2D eigenvalue weighted by Gasteiger charge is -2.22. The van der Waals surface area contributed by atoms with Crippen LogP contribution in [0.5, 0.6) is 5.75 Å². The number of anilines is 1. The number of ether oxygens (including phenoxy) is 2. The van der Waals surface area contributed by atoms with Crippen LogP contribution in [-0.4, -0.2) is 50.4 Å². The zero-order valence-corrected chi connectivity index (χ0v) is 29.2. The number of aromatic nitrogens is 5. The Balaban J connectivity index is 1.25. The van der Waals surface area contributed by atoms with Gasteiger partial charge in [0.15, 0.2) is 0 Å². The number of hydrogen-bond acceptors (Lipinski definition) is 8. The van der Waals surface area contributed by atoms with Crippen LogP contribution in [0.2, 0.25) is 0 Å². The molecule has 48 heavy (non-hydrogen) atoms. The summed E-state index contributed by atoms with van der Waals surface area (Å²) in [5.74, 6) is 2.25. The molecule has 2 aromatic carbocycles. The van der Waals surface area contributed by atoms with Gasteiger partial charge in [0, 0.05) is 77.2 Å². The van der Waals surface area contributed by atoms with Crippen molar-refractivity contribution in [2.24, 2.45) is 14.1 Å². The third-order valence-corrected chi connectivity index (χ3v) is 11.8. The zero-order valence-electron chi connectivity index (χ0n) is 27.5. The molecule has 0 aliphatic carbocycles. The van der Waals surface area contributed by atoms with Gasteiger partial charge in [-0.3, -0.25) is 9.36 Å². The van der Waals surface area contributed by atoms with Crippen molar-refractivity contribution in [1.82, 2.24) is 24.1 Å². The average molecular weight is 687 g/mol. The minimum absolute atomic E-state index is 0.314. The maximum absolute atomic E-state index is 16.2. The average Bonchev–Trinajstić information content (AvgIpc) is 3.84. The number of aryl methyl sites for hydroxylation is 5. The number of methoxy groups -OCH3 is 1.